The zero-order valence-electron chi connectivity index (χ0n) is 15.9. The first-order valence-electron chi connectivity index (χ1n) is 9.00. The highest BCUT2D eigenvalue weighted by atomic mass is 16.5. The lowest BCUT2D eigenvalue weighted by atomic mass is 10.2. The largest absolute Gasteiger partial charge is 0.497 e. The second-order valence-electron chi connectivity index (χ2n) is 5.87. The summed E-state index contributed by atoms with van der Waals surface area (Å²) in [4.78, 5) is 23.1. The minimum Gasteiger partial charge on any atom is -0.497 e. The van der Waals surface area contributed by atoms with Crippen molar-refractivity contribution >= 4 is 11.9 Å². The van der Waals surface area contributed by atoms with E-state index in [1.54, 1.807) is 55.6 Å². The molecule has 0 spiro atoms. The number of esters is 2. The van der Waals surface area contributed by atoms with Gasteiger partial charge in [0.2, 0.25) is 0 Å². The first kappa shape index (κ1) is 21.0. The molecule has 0 aliphatic carbocycles. The number of ether oxygens (including phenoxy) is 4. The Morgan fingerprint density at radius 2 is 1.46 bits per heavy atom. The zero-order chi connectivity index (χ0) is 20.2. The van der Waals surface area contributed by atoms with E-state index in [0.717, 1.165) is 25.3 Å². The zero-order valence-corrected chi connectivity index (χ0v) is 15.9. The highest BCUT2D eigenvalue weighted by molar-refractivity contribution is 5.91. The summed E-state index contributed by atoms with van der Waals surface area (Å²) in [5.74, 6) is 0.982. The van der Waals surface area contributed by atoms with Crippen LogP contribution in [0.2, 0.25) is 0 Å². The van der Waals surface area contributed by atoms with Gasteiger partial charge in [-0.3, -0.25) is 0 Å². The molecule has 0 aliphatic heterocycles. The molecule has 0 heterocycles. The van der Waals surface area contributed by atoms with Crippen LogP contribution >= 0.6 is 0 Å². The van der Waals surface area contributed by atoms with E-state index in [1.165, 1.54) is 0 Å². The van der Waals surface area contributed by atoms with Crippen molar-refractivity contribution in [2.24, 2.45) is 0 Å². The van der Waals surface area contributed by atoms with Crippen molar-refractivity contribution in [1.82, 2.24) is 0 Å². The Balaban J connectivity index is 1.69. The Hall–Kier alpha value is -3.28. The Kier molecular flexibility index (Phi) is 8.59. The average Bonchev–Trinajstić information content (AvgIpc) is 2.73. The fourth-order valence-electron chi connectivity index (χ4n) is 2.30. The van der Waals surface area contributed by atoms with Crippen molar-refractivity contribution in [3.8, 4) is 17.2 Å². The molecule has 0 atom stereocenters. The van der Waals surface area contributed by atoms with Gasteiger partial charge in [0.15, 0.2) is 0 Å². The van der Waals surface area contributed by atoms with Gasteiger partial charge in [0.05, 0.1) is 25.9 Å². The van der Waals surface area contributed by atoms with Crippen LogP contribution in [0.3, 0.4) is 0 Å². The summed E-state index contributed by atoms with van der Waals surface area (Å²) in [5, 5.41) is 0. The number of hydrogen-bond donors (Lipinski definition) is 0. The summed E-state index contributed by atoms with van der Waals surface area (Å²) >= 11 is 0. The quantitative estimate of drug-likeness (QED) is 0.250. The highest BCUT2D eigenvalue weighted by Crippen LogP contribution is 2.19. The van der Waals surface area contributed by atoms with Gasteiger partial charge < -0.3 is 18.9 Å². The minimum atomic E-state index is -0.439. The average molecular weight is 384 g/mol. The summed E-state index contributed by atoms with van der Waals surface area (Å²) in [6.45, 7) is 4.27. The van der Waals surface area contributed by atoms with Crippen molar-refractivity contribution in [2.45, 2.75) is 19.3 Å². The number of hydrogen-bond acceptors (Lipinski definition) is 6. The molecule has 0 bridgehead atoms. The normalized spacial score (nSPS) is 10.0. The molecule has 0 radical (unpaired) electrons. The lowest BCUT2D eigenvalue weighted by Gasteiger charge is -2.08. The Morgan fingerprint density at radius 3 is 2.11 bits per heavy atom. The van der Waals surface area contributed by atoms with E-state index in [-0.39, 0.29) is 0 Å². The van der Waals surface area contributed by atoms with Crippen LogP contribution < -0.4 is 14.2 Å². The second kappa shape index (κ2) is 11.4. The van der Waals surface area contributed by atoms with Gasteiger partial charge in [-0.15, -0.1) is 0 Å². The number of unbranched alkanes of at least 4 members (excludes halogenated alkanes) is 2. The molecule has 2 aromatic rings. The van der Waals surface area contributed by atoms with Crippen LogP contribution in [0.1, 0.15) is 29.6 Å². The Bertz CT molecular complexity index is 765. The smallest absolute Gasteiger partial charge is 0.343 e. The molecule has 0 unspecified atom stereocenters. The maximum Gasteiger partial charge on any atom is 0.343 e. The lowest BCUT2D eigenvalue weighted by Crippen LogP contribution is -2.08. The van der Waals surface area contributed by atoms with Crippen LogP contribution in [0.25, 0.3) is 0 Å². The van der Waals surface area contributed by atoms with E-state index in [1.807, 2.05) is 0 Å². The number of benzene rings is 2. The van der Waals surface area contributed by atoms with E-state index >= 15 is 0 Å². The van der Waals surface area contributed by atoms with E-state index in [9.17, 15) is 9.59 Å². The number of carbonyl (C=O) groups excluding carboxylic acids is 2. The van der Waals surface area contributed by atoms with Gasteiger partial charge in [-0.2, -0.15) is 0 Å². The SMILES string of the molecule is C=CC(=O)OCCCCCOc1ccc(C(=O)Oc2ccc(OC)cc2)cc1. The monoisotopic (exact) mass is 384 g/mol. The lowest BCUT2D eigenvalue weighted by molar-refractivity contribution is -0.137. The molecular formula is C22H24O6. The molecule has 0 saturated heterocycles. The molecule has 0 aromatic heterocycles. The summed E-state index contributed by atoms with van der Waals surface area (Å²) in [7, 11) is 1.57. The Labute approximate surface area is 164 Å². The van der Waals surface area contributed by atoms with Gasteiger partial charge in [-0.05, 0) is 67.8 Å². The maximum absolute atomic E-state index is 12.2. The van der Waals surface area contributed by atoms with Crippen LogP contribution in [-0.4, -0.2) is 32.3 Å². The van der Waals surface area contributed by atoms with E-state index in [2.05, 4.69) is 6.58 Å². The van der Waals surface area contributed by atoms with E-state index in [0.29, 0.717) is 36.0 Å². The summed E-state index contributed by atoms with van der Waals surface area (Å²) in [6, 6.07) is 13.6. The fraction of sp³-hybridized carbons (Fsp3) is 0.273. The molecule has 6 heteroatoms. The molecule has 0 fully saturated rings. The van der Waals surface area contributed by atoms with E-state index < -0.39 is 11.9 Å². The molecule has 0 N–H and O–H groups in total. The number of rotatable bonds is 11. The molecule has 0 aliphatic rings. The summed E-state index contributed by atoms with van der Waals surface area (Å²) in [6.07, 6.45) is 3.65. The van der Waals surface area contributed by atoms with Crippen molar-refractivity contribution in [2.75, 3.05) is 20.3 Å². The van der Waals surface area contributed by atoms with Gasteiger partial charge in [-0.1, -0.05) is 6.58 Å². The maximum atomic E-state index is 12.2. The predicted octanol–water partition coefficient (Wildman–Crippen LogP) is 4.19. The van der Waals surface area contributed by atoms with Crippen LogP contribution in [0.15, 0.2) is 61.2 Å². The first-order valence-corrected chi connectivity index (χ1v) is 9.00. The third kappa shape index (κ3) is 7.15. The predicted molar refractivity (Wildman–Crippen MR) is 105 cm³/mol. The molecule has 28 heavy (non-hydrogen) atoms. The van der Waals surface area contributed by atoms with Gasteiger partial charge in [0, 0.05) is 6.08 Å². The first-order chi connectivity index (χ1) is 13.6. The van der Waals surface area contributed by atoms with Crippen LogP contribution in [-0.2, 0) is 9.53 Å². The van der Waals surface area contributed by atoms with Gasteiger partial charge in [-0.25, -0.2) is 9.59 Å². The topological polar surface area (TPSA) is 71.1 Å². The molecular weight excluding hydrogens is 360 g/mol. The van der Waals surface area contributed by atoms with Crippen LogP contribution in [0, 0.1) is 0 Å². The molecule has 6 nitrogen and oxygen atoms in total. The fourth-order valence-corrected chi connectivity index (χ4v) is 2.30. The molecule has 0 saturated carbocycles. The van der Waals surface area contributed by atoms with Crippen LogP contribution in [0.5, 0.6) is 17.2 Å². The van der Waals surface area contributed by atoms with Crippen molar-refractivity contribution < 1.29 is 28.5 Å². The second-order valence-corrected chi connectivity index (χ2v) is 5.87. The third-order valence-electron chi connectivity index (χ3n) is 3.83. The van der Waals surface area contributed by atoms with Gasteiger partial charge >= 0.3 is 11.9 Å². The summed E-state index contributed by atoms with van der Waals surface area (Å²) in [5.41, 5.74) is 0.437. The van der Waals surface area contributed by atoms with E-state index in [4.69, 9.17) is 18.9 Å². The number of methoxy groups -OCH3 is 1. The minimum absolute atomic E-state index is 0.385. The Morgan fingerprint density at radius 1 is 0.857 bits per heavy atom. The van der Waals surface area contributed by atoms with Crippen molar-refractivity contribution in [3.05, 3.63) is 66.7 Å². The van der Waals surface area contributed by atoms with Gasteiger partial charge in [0.1, 0.15) is 17.2 Å². The third-order valence-corrected chi connectivity index (χ3v) is 3.83. The molecule has 0 amide bonds. The number of carbonyl (C=O) groups is 2. The van der Waals surface area contributed by atoms with Gasteiger partial charge in [0.25, 0.3) is 0 Å². The van der Waals surface area contributed by atoms with Crippen molar-refractivity contribution in [1.29, 1.82) is 0 Å². The van der Waals surface area contributed by atoms with Crippen molar-refractivity contribution in [3.63, 3.8) is 0 Å². The van der Waals surface area contributed by atoms with Crippen LogP contribution in [0.4, 0.5) is 0 Å². The standard InChI is InChI=1S/C22H24O6/c1-3-21(23)27-16-6-4-5-15-26-19-9-7-17(8-10-19)22(24)28-20-13-11-18(25-2)12-14-20/h3,7-14H,1,4-6,15-16H2,2H3. The molecule has 2 rings (SSSR count). The highest BCUT2D eigenvalue weighted by Gasteiger charge is 2.09. The summed E-state index contributed by atoms with van der Waals surface area (Å²) < 4.78 is 20.9. The molecule has 2 aromatic carbocycles. The molecule has 148 valence electrons.